The van der Waals surface area contributed by atoms with Crippen molar-refractivity contribution in [2.45, 2.75) is 84.7 Å². The van der Waals surface area contributed by atoms with E-state index in [9.17, 15) is 0 Å². The van der Waals surface area contributed by atoms with Crippen LogP contribution >= 0.6 is 11.3 Å². The SMILES string of the molecule is [2H]c1nc(-c2cc([Si](C)(C)C)c3ccccc3c2)c2sc([Si](C)(C)C3CCC(C)(C)CC3)c(C)c2n1. The third-order valence-corrected chi connectivity index (χ3v) is 17.7. The number of rotatable bonds is 4. The van der Waals surface area contributed by atoms with Crippen molar-refractivity contribution in [2.75, 3.05) is 0 Å². The van der Waals surface area contributed by atoms with Crippen LogP contribution in [0.3, 0.4) is 0 Å². The predicted octanol–water partition coefficient (Wildman–Crippen LogP) is 8.25. The minimum Gasteiger partial charge on any atom is -0.235 e. The van der Waals surface area contributed by atoms with Crippen LogP contribution < -0.4 is 9.69 Å². The molecule has 0 atom stereocenters. The lowest BCUT2D eigenvalue weighted by Gasteiger charge is -2.41. The molecular weight excluding hydrogens is 477 g/mol. The Hall–Kier alpha value is -1.83. The number of hydrogen-bond donors (Lipinski definition) is 0. The molecule has 1 saturated carbocycles. The van der Waals surface area contributed by atoms with Gasteiger partial charge in [0.1, 0.15) is 7.67 Å². The molecule has 184 valence electrons. The van der Waals surface area contributed by atoms with Crippen molar-refractivity contribution in [2.24, 2.45) is 5.41 Å². The summed E-state index contributed by atoms with van der Waals surface area (Å²) in [7, 11) is -3.29. The summed E-state index contributed by atoms with van der Waals surface area (Å²) in [4.78, 5) is 9.46. The van der Waals surface area contributed by atoms with Crippen LogP contribution in [0.5, 0.6) is 0 Å². The largest absolute Gasteiger partial charge is 0.235 e. The molecule has 5 rings (SSSR count). The predicted molar refractivity (Wildman–Crippen MR) is 161 cm³/mol. The van der Waals surface area contributed by atoms with Crippen molar-refractivity contribution in [3.05, 3.63) is 48.3 Å². The van der Waals surface area contributed by atoms with Crippen LogP contribution in [-0.2, 0) is 0 Å². The zero-order chi connectivity index (χ0) is 26.0. The molecule has 4 aromatic rings. The van der Waals surface area contributed by atoms with Crippen LogP contribution in [0.1, 0.15) is 46.5 Å². The minimum absolute atomic E-state index is 0.131. The summed E-state index contributed by atoms with van der Waals surface area (Å²) < 4.78 is 11.2. The van der Waals surface area contributed by atoms with E-state index in [2.05, 4.69) is 89.9 Å². The normalized spacial score (nSPS) is 17.8. The quantitative estimate of drug-likeness (QED) is 0.255. The average Bonchev–Trinajstić information content (AvgIpc) is 3.14. The molecule has 2 nitrogen and oxygen atoms in total. The molecule has 0 unspecified atom stereocenters. The first-order valence-corrected chi connectivity index (χ1v) is 20.5. The second-order valence-corrected chi connectivity index (χ2v) is 24.2. The third kappa shape index (κ3) is 4.45. The van der Waals surface area contributed by atoms with Crippen LogP contribution in [0.2, 0.25) is 38.3 Å². The number of thiophene rings is 1. The molecule has 2 aromatic carbocycles. The highest BCUT2D eigenvalue weighted by Gasteiger charge is 2.40. The first-order chi connectivity index (χ1) is 16.8. The van der Waals surface area contributed by atoms with Gasteiger partial charge < -0.3 is 0 Å². The van der Waals surface area contributed by atoms with Gasteiger partial charge in [-0.1, -0.05) is 94.9 Å². The maximum absolute atomic E-state index is 8.51. The van der Waals surface area contributed by atoms with E-state index in [1.54, 1.807) is 4.50 Å². The number of nitrogens with zero attached hydrogens (tertiary/aromatic N) is 2. The molecule has 0 saturated heterocycles. The van der Waals surface area contributed by atoms with Crippen molar-refractivity contribution in [1.82, 2.24) is 9.97 Å². The van der Waals surface area contributed by atoms with Gasteiger partial charge in [0.25, 0.3) is 0 Å². The molecule has 0 bridgehead atoms. The van der Waals surface area contributed by atoms with Gasteiger partial charge in [0, 0.05) is 5.56 Å². The molecule has 0 N–H and O–H groups in total. The Bertz CT molecular complexity index is 1460. The van der Waals surface area contributed by atoms with E-state index in [1.165, 1.54) is 51.9 Å². The van der Waals surface area contributed by atoms with Gasteiger partial charge in [-0.15, -0.1) is 11.3 Å². The van der Waals surface area contributed by atoms with Crippen LogP contribution in [0.25, 0.3) is 32.2 Å². The van der Waals surface area contributed by atoms with Crippen molar-refractivity contribution in [3.63, 3.8) is 0 Å². The Balaban J connectivity index is 1.69. The molecule has 0 spiro atoms. The molecule has 5 heteroatoms. The molecule has 1 aliphatic rings. The fourth-order valence-corrected chi connectivity index (χ4v) is 13.8. The second-order valence-electron chi connectivity index (χ2n) is 13.1. The third-order valence-electron chi connectivity index (χ3n) is 8.54. The number of fused-ring (bicyclic) bond motifs is 2. The molecule has 2 aromatic heterocycles. The van der Waals surface area contributed by atoms with Crippen LogP contribution in [-0.4, -0.2) is 26.1 Å². The van der Waals surface area contributed by atoms with Gasteiger partial charge in [0.15, 0.2) is 0 Å². The molecule has 2 heterocycles. The van der Waals surface area contributed by atoms with Crippen LogP contribution in [0.15, 0.2) is 42.7 Å². The summed E-state index contributed by atoms with van der Waals surface area (Å²) in [6.07, 6.45) is 5.47. The first kappa shape index (κ1) is 23.6. The lowest BCUT2D eigenvalue weighted by Crippen LogP contribution is -2.47. The van der Waals surface area contributed by atoms with Crippen LogP contribution in [0, 0.1) is 12.3 Å². The van der Waals surface area contributed by atoms with Crippen molar-refractivity contribution < 1.29 is 1.37 Å². The van der Waals surface area contributed by atoms with Crippen LogP contribution in [0.4, 0.5) is 0 Å². The average molecular weight is 518 g/mol. The summed E-state index contributed by atoms with van der Waals surface area (Å²) in [5, 5.41) is 4.08. The molecular formula is C30H40N2SSi2. The number of benzene rings is 2. The topological polar surface area (TPSA) is 25.8 Å². The Morgan fingerprint density at radius 1 is 1.00 bits per heavy atom. The highest BCUT2D eigenvalue weighted by atomic mass is 32.1. The number of hydrogen-bond acceptors (Lipinski definition) is 3. The monoisotopic (exact) mass is 517 g/mol. The Morgan fingerprint density at radius 3 is 2.37 bits per heavy atom. The minimum atomic E-state index is -1.70. The summed E-state index contributed by atoms with van der Waals surface area (Å²) in [6.45, 7) is 19.5. The highest BCUT2D eigenvalue weighted by molar-refractivity contribution is 7.32. The number of aryl methyl sites for hydroxylation is 1. The van der Waals surface area contributed by atoms with E-state index in [0.29, 0.717) is 5.41 Å². The maximum atomic E-state index is 8.51. The van der Waals surface area contributed by atoms with Crippen molar-refractivity contribution in [1.29, 1.82) is 0 Å². The van der Waals surface area contributed by atoms with Gasteiger partial charge in [-0.2, -0.15) is 0 Å². The number of aromatic nitrogens is 2. The van der Waals surface area contributed by atoms with E-state index < -0.39 is 16.1 Å². The summed E-state index contributed by atoms with van der Waals surface area (Å²) in [6, 6.07) is 13.4. The fourth-order valence-electron chi connectivity index (χ4n) is 6.16. The summed E-state index contributed by atoms with van der Waals surface area (Å²) in [5.41, 5.74) is 5.69. The fraction of sp³-hybridized carbons (Fsp3) is 0.467. The molecule has 0 amide bonds. The maximum Gasteiger partial charge on any atom is 0.116 e. The van der Waals surface area contributed by atoms with E-state index in [1.807, 2.05) is 11.3 Å². The Kier molecular flexibility index (Phi) is 5.81. The molecule has 0 aliphatic heterocycles. The highest BCUT2D eigenvalue weighted by Crippen LogP contribution is 2.46. The molecule has 1 aliphatic carbocycles. The Labute approximate surface area is 218 Å². The molecule has 1 fully saturated rings. The van der Waals surface area contributed by atoms with Gasteiger partial charge in [-0.25, -0.2) is 9.97 Å². The Morgan fingerprint density at radius 2 is 1.69 bits per heavy atom. The van der Waals surface area contributed by atoms with Gasteiger partial charge in [-0.05, 0) is 57.6 Å². The van der Waals surface area contributed by atoms with Gasteiger partial charge >= 0.3 is 0 Å². The summed E-state index contributed by atoms with van der Waals surface area (Å²) in [5.74, 6) is 0. The smallest absolute Gasteiger partial charge is 0.116 e. The van der Waals surface area contributed by atoms with Crippen molar-refractivity contribution in [3.8, 4) is 11.3 Å². The van der Waals surface area contributed by atoms with Crippen molar-refractivity contribution >= 4 is 58.2 Å². The van der Waals surface area contributed by atoms with E-state index in [0.717, 1.165) is 22.3 Å². The summed E-state index contributed by atoms with van der Waals surface area (Å²) >= 11 is 1.94. The molecule has 35 heavy (non-hydrogen) atoms. The van der Waals surface area contributed by atoms with Gasteiger partial charge in [-0.3, -0.25) is 0 Å². The van der Waals surface area contributed by atoms with E-state index in [-0.39, 0.29) is 6.30 Å². The standard InChI is InChI=1S/C30H40N2SSi2/c1-20-26-28(33-29(20)35(7,8)23-13-15-30(2,3)16-14-23)27(32-19-31-26)22-17-21-11-9-10-12-24(21)25(18-22)34(4,5)6/h9-12,17-19,23H,13-16H2,1-8H3/i19D. The second kappa shape index (κ2) is 8.64. The zero-order valence-corrected chi connectivity index (χ0v) is 25.5. The van der Waals surface area contributed by atoms with Gasteiger partial charge in [0.05, 0.1) is 32.1 Å². The van der Waals surface area contributed by atoms with E-state index >= 15 is 0 Å². The van der Waals surface area contributed by atoms with E-state index in [4.69, 9.17) is 11.3 Å². The lowest BCUT2D eigenvalue weighted by atomic mass is 9.77. The lowest BCUT2D eigenvalue weighted by molar-refractivity contribution is 0.242. The van der Waals surface area contributed by atoms with Gasteiger partial charge in [0.2, 0.25) is 0 Å². The molecule has 0 radical (unpaired) electrons. The first-order valence-electron chi connectivity index (χ1n) is 13.6. The zero-order valence-electron chi connectivity index (χ0n) is 23.7.